The minimum atomic E-state index is 0.542. The van der Waals surface area contributed by atoms with Crippen molar-refractivity contribution in [3.63, 3.8) is 0 Å². The molecule has 1 aromatic carbocycles. The molecule has 106 valence electrons. The predicted molar refractivity (Wildman–Crippen MR) is 75.5 cm³/mol. The highest BCUT2D eigenvalue weighted by Gasteiger charge is 2.05. The number of rotatable bonds is 6. The molecule has 0 radical (unpaired) electrons. The molecule has 0 saturated heterocycles. The van der Waals surface area contributed by atoms with E-state index in [1.54, 1.807) is 33.7 Å². The zero-order chi connectivity index (χ0) is 14.4. The van der Waals surface area contributed by atoms with Gasteiger partial charge in [0, 0.05) is 6.54 Å². The van der Waals surface area contributed by atoms with Crippen LogP contribution in [0.2, 0.25) is 0 Å². The highest BCUT2D eigenvalue weighted by Crippen LogP contribution is 2.27. The van der Waals surface area contributed by atoms with Crippen LogP contribution in [0.4, 0.5) is 5.95 Å². The minimum Gasteiger partial charge on any atom is -0.494 e. The van der Waals surface area contributed by atoms with E-state index in [0.717, 1.165) is 5.56 Å². The van der Waals surface area contributed by atoms with E-state index in [-0.39, 0.29) is 0 Å². The summed E-state index contributed by atoms with van der Waals surface area (Å²) in [6.45, 7) is 0.590. The first-order chi connectivity index (χ1) is 9.76. The lowest BCUT2D eigenvalue weighted by atomic mass is 10.2. The van der Waals surface area contributed by atoms with Crippen LogP contribution in [0.25, 0.3) is 0 Å². The van der Waals surface area contributed by atoms with E-state index in [2.05, 4.69) is 15.3 Å². The van der Waals surface area contributed by atoms with Gasteiger partial charge in [-0.3, -0.25) is 0 Å². The second-order valence-electron chi connectivity index (χ2n) is 3.99. The smallest absolute Gasteiger partial charge is 0.223 e. The number of benzene rings is 1. The molecule has 0 saturated carbocycles. The van der Waals surface area contributed by atoms with Crippen molar-refractivity contribution in [3.8, 4) is 17.2 Å². The number of hydrogen-bond donors (Lipinski definition) is 1. The van der Waals surface area contributed by atoms with Gasteiger partial charge in [-0.25, -0.2) is 9.97 Å². The van der Waals surface area contributed by atoms with Crippen molar-refractivity contribution in [2.45, 2.75) is 6.54 Å². The molecule has 0 bridgehead atoms. The van der Waals surface area contributed by atoms with Crippen LogP contribution in [0.5, 0.6) is 17.2 Å². The molecule has 0 unspecified atom stereocenters. The third kappa shape index (κ3) is 3.28. The zero-order valence-corrected chi connectivity index (χ0v) is 11.7. The fraction of sp³-hybridized carbons (Fsp3) is 0.286. The van der Waals surface area contributed by atoms with Gasteiger partial charge in [0.15, 0.2) is 17.2 Å². The fourth-order valence-electron chi connectivity index (χ4n) is 1.68. The lowest BCUT2D eigenvalue weighted by molar-refractivity contribution is 0.354. The first kappa shape index (κ1) is 13.9. The van der Waals surface area contributed by atoms with Gasteiger partial charge in [0.25, 0.3) is 0 Å². The normalized spacial score (nSPS) is 9.95. The molecule has 0 atom stereocenters. The van der Waals surface area contributed by atoms with Gasteiger partial charge in [-0.05, 0) is 17.7 Å². The molecule has 1 aromatic heterocycles. The molecule has 6 heteroatoms. The highest BCUT2D eigenvalue weighted by molar-refractivity contribution is 5.43. The van der Waals surface area contributed by atoms with Crippen LogP contribution in [0, 0.1) is 0 Å². The molecule has 0 fully saturated rings. The van der Waals surface area contributed by atoms with Crippen LogP contribution >= 0.6 is 0 Å². The van der Waals surface area contributed by atoms with E-state index in [9.17, 15) is 0 Å². The number of aromatic nitrogens is 2. The number of hydrogen-bond acceptors (Lipinski definition) is 6. The molecule has 0 amide bonds. The summed E-state index contributed by atoms with van der Waals surface area (Å²) in [4.78, 5) is 8.28. The Labute approximate surface area is 117 Å². The van der Waals surface area contributed by atoms with Crippen LogP contribution in [-0.4, -0.2) is 31.3 Å². The standard InChI is InChI=1S/C14H17N3O3/c1-18-11-8-16-14(17-9-11)15-7-10-4-5-12(19-2)13(6-10)20-3/h4-6,8-9H,7H2,1-3H3,(H,15,16,17). The molecule has 0 spiro atoms. The van der Waals surface area contributed by atoms with Crippen molar-refractivity contribution in [1.29, 1.82) is 0 Å². The predicted octanol–water partition coefficient (Wildman–Crippen LogP) is 2.11. The van der Waals surface area contributed by atoms with E-state index in [0.29, 0.717) is 29.7 Å². The third-order valence-electron chi connectivity index (χ3n) is 2.76. The molecule has 20 heavy (non-hydrogen) atoms. The maximum Gasteiger partial charge on any atom is 0.223 e. The van der Waals surface area contributed by atoms with E-state index in [1.807, 2.05) is 18.2 Å². The maximum atomic E-state index is 5.26. The van der Waals surface area contributed by atoms with Gasteiger partial charge in [-0.2, -0.15) is 0 Å². The Hall–Kier alpha value is -2.50. The number of ether oxygens (including phenoxy) is 3. The third-order valence-corrected chi connectivity index (χ3v) is 2.76. The molecule has 6 nitrogen and oxygen atoms in total. The average Bonchev–Trinajstić information content (AvgIpc) is 2.53. The average molecular weight is 275 g/mol. The van der Waals surface area contributed by atoms with Crippen molar-refractivity contribution in [3.05, 3.63) is 36.2 Å². The second kappa shape index (κ2) is 6.60. The first-order valence-corrected chi connectivity index (χ1v) is 6.07. The number of anilines is 1. The SMILES string of the molecule is COc1cnc(NCc2ccc(OC)c(OC)c2)nc1. The van der Waals surface area contributed by atoms with Crippen LogP contribution in [0.15, 0.2) is 30.6 Å². The van der Waals surface area contributed by atoms with Gasteiger partial charge in [-0.1, -0.05) is 6.07 Å². The summed E-state index contributed by atoms with van der Waals surface area (Å²) in [5, 5.41) is 3.13. The van der Waals surface area contributed by atoms with Crippen LogP contribution < -0.4 is 19.5 Å². The van der Waals surface area contributed by atoms with Crippen molar-refractivity contribution in [2.75, 3.05) is 26.6 Å². The lowest BCUT2D eigenvalue weighted by Gasteiger charge is -2.10. The van der Waals surface area contributed by atoms with Gasteiger partial charge in [0.2, 0.25) is 5.95 Å². The molecule has 1 N–H and O–H groups in total. The van der Waals surface area contributed by atoms with Crippen LogP contribution in [-0.2, 0) is 6.54 Å². The molecule has 0 aliphatic heterocycles. The van der Waals surface area contributed by atoms with Crippen molar-refractivity contribution < 1.29 is 14.2 Å². The Balaban J connectivity index is 2.02. The van der Waals surface area contributed by atoms with Crippen LogP contribution in [0.1, 0.15) is 5.56 Å². The Morgan fingerprint density at radius 2 is 1.65 bits per heavy atom. The van der Waals surface area contributed by atoms with Crippen LogP contribution in [0.3, 0.4) is 0 Å². The highest BCUT2D eigenvalue weighted by atomic mass is 16.5. The van der Waals surface area contributed by atoms with E-state index < -0.39 is 0 Å². The minimum absolute atomic E-state index is 0.542. The Morgan fingerprint density at radius 1 is 0.950 bits per heavy atom. The van der Waals surface area contributed by atoms with Crippen molar-refractivity contribution >= 4 is 5.95 Å². The summed E-state index contributed by atoms with van der Waals surface area (Å²) in [6, 6.07) is 5.73. The monoisotopic (exact) mass is 275 g/mol. The van der Waals surface area contributed by atoms with Gasteiger partial charge >= 0.3 is 0 Å². The Morgan fingerprint density at radius 3 is 2.25 bits per heavy atom. The fourth-order valence-corrected chi connectivity index (χ4v) is 1.68. The summed E-state index contributed by atoms with van der Waals surface area (Å²) in [6.07, 6.45) is 3.23. The molecule has 0 aliphatic carbocycles. The quantitative estimate of drug-likeness (QED) is 0.871. The summed E-state index contributed by atoms with van der Waals surface area (Å²) in [5.41, 5.74) is 1.04. The Kier molecular flexibility index (Phi) is 4.60. The van der Waals surface area contributed by atoms with Crippen molar-refractivity contribution in [2.24, 2.45) is 0 Å². The summed E-state index contributed by atoms with van der Waals surface area (Å²) >= 11 is 0. The molecule has 0 aliphatic rings. The molecular weight excluding hydrogens is 258 g/mol. The molecule has 1 heterocycles. The maximum absolute atomic E-state index is 5.26. The van der Waals surface area contributed by atoms with E-state index in [1.165, 1.54) is 0 Å². The number of methoxy groups -OCH3 is 3. The summed E-state index contributed by atoms with van der Waals surface area (Å²) < 4.78 is 15.5. The van der Waals surface area contributed by atoms with Crippen molar-refractivity contribution in [1.82, 2.24) is 9.97 Å². The van der Waals surface area contributed by atoms with E-state index in [4.69, 9.17) is 14.2 Å². The van der Waals surface area contributed by atoms with Gasteiger partial charge < -0.3 is 19.5 Å². The molecule has 2 aromatic rings. The summed E-state index contributed by atoms with van der Waals surface area (Å²) in [7, 11) is 4.80. The molecule has 2 rings (SSSR count). The lowest BCUT2D eigenvalue weighted by Crippen LogP contribution is -2.04. The second-order valence-corrected chi connectivity index (χ2v) is 3.99. The zero-order valence-electron chi connectivity index (χ0n) is 11.7. The summed E-state index contributed by atoms with van der Waals surface area (Å²) in [5.74, 6) is 2.57. The number of nitrogens with zero attached hydrogens (tertiary/aromatic N) is 2. The first-order valence-electron chi connectivity index (χ1n) is 6.07. The largest absolute Gasteiger partial charge is 0.494 e. The Bertz CT molecular complexity index is 558. The van der Waals surface area contributed by atoms with Gasteiger partial charge in [-0.15, -0.1) is 0 Å². The van der Waals surface area contributed by atoms with E-state index >= 15 is 0 Å². The number of nitrogens with one attached hydrogen (secondary N) is 1. The van der Waals surface area contributed by atoms with Gasteiger partial charge in [0.1, 0.15) is 0 Å². The molecular formula is C14H17N3O3. The topological polar surface area (TPSA) is 65.5 Å². The van der Waals surface area contributed by atoms with Gasteiger partial charge in [0.05, 0.1) is 33.7 Å².